The Kier molecular flexibility index (Phi) is 4.14. The molecule has 3 heterocycles. The van der Waals surface area contributed by atoms with Crippen LogP contribution in [-0.2, 0) is 13.0 Å². The van der Waals surface area contributed by atoms with Crippen LogP contribution in [0.25, 0.3) is 0 Å². The fourth-order valence-corrected chi connectivity index (χ4v) is 4.65. The van der Waals surface area contributed by atoms with E-state index < -0.39 is 0 Å². The summed E-state index contributed by atoms with van der Waals surface area (Å²) < 4.78 is 0.678. The highest BCUT2D eigenvalue weighted by Crippen LogP contribution is 2.27. The Bertz CT molecular complexity index is 729. The Morgan fingerprint density at radius 3 is 2.74 bits per heavy atom. The second kappa shape index (κ2) is 6.27. The average molecular weight is 347 g/mol. The first-order valence-corrected chi connectivity index (χ1v) is 9.25. The molecule has 0 spiro atoms. The van der Waals surface area contributed by atoms with Gasteiger partial charge >= 0.3 is 0 Å². The van der Waals surface area contributed by atoms with Gasteiger partial charge in [-0.15, -0.1) is 11.3 Å². The third kappa shape index (κ3) is 3.03. The van der Waals surface area contributed by atoms with Crippen LogP contribution in [0.3, 0.4) is 0 Å². The first-order chi connectivity index (χ1) is 11.2. The number of carbonyl (C=O) groups is 1. The maximum Gasteiger partial charge on any atom is 0.264 e. The molecule has 0 radical (unpaired) electrons. The number of amides is 1. The Balaban J connectivity index is 1.42. The molecule has 5 heteroatoms. The van der Waals surface area contributed by atoms with Crippen molar-refractivity contribution in [2.24, 2.45) is 0 Å². The molecule has 1 saturated heterocycles. The van der Waals surface area contributed by atoms with Crippen molar-refractivity contribution in [3.05, 3.63) is 56.7 Å². The number of thiophene rings is 1. The minimum atomic E-state index is 0.127. The molecule has 1 fully saturated rings. The Hall–Kier alpha value is -1.36. The number of likely N-dealkylation sites (tertiary alicyclic amines) is 1. The van der Waals surface area contributed by atoms with E-state index in [1.165, 1.54) is 22.5 Å². The molecule has 1 aromatic carbocycles. The molecule has 0 N–H and O–H groups in total. The molecule has 2 aromatic rings. The summed E-state index contributed by atoms with van der Waals surface area (Å²) in [7, 11) is 0. The number of rotatable bonds is 2. The van der Waals surface area contributed by atoms with Crippen LogP contribution in [0.15, 0.2) is 36.4 Å². The molecule has 1 atom stereocenters. The SMILES string of the molecule is O=C(c1ccc(Cl)s1)N1CCC(N2CCc3ccccc3C2)C1. The maximum absolute atomic E-state index is 12.5. The molecule has 120 valence electrons. The van der Waals surface area contributed by atoms with Gasteiger partial charge in [0.25, 0.3) is 5.91 Å². The largest absolute Gasteiger partial charge is 0.336 e. The van der Waals surface area contributed by atoms with Crippen molar-refractivity contribution >= 4 is 28.8 Å². The molecule has 1 unspecified atom stereocenters. The average Bonchev–Trinajstić information content (AvgIpc) is 3.23. The fourth-order valence-electron chi connectivity index (χ4n) is 3.64. The predicted octanol–water partition coefficient (Wildman–Crippen LogP) is 3.67. The third-order valence-electron chi connectivity index (χ3n) is 4.91. The second-order valence-electron chi connectivity index (χ2n) is 6.29. The molecule has 0 saturated carbocycles. The summed E-state index contributed by atoms with van der Waals surface area (Å²) in [6.07, 6.45) is 2.17. The molecule has 0 aliphatic carbocycles. The number of carbonyl (C=O) groups excluding carboxylic acids is 1. The highest BCUT2D eigenvalue weighted by molar-refractivity contribution is 7.17. The summed E-state index contributed by atoms with van der Waals surface area (Å²) in [5.74, 6) is 0.127. The minimum Gasteiger partial charge on any atom is -0.336 e. The molecule has 1 amide bonds. The number of hydrogen-bond donors (Lipinski definition) is 0. The lowest BCUT2D eigenvalue weighted by Crippen LogP contribution is -2.41. The van der Waals surface area contributed by atoms with E-state index in [0.717, 1.165) is 43.9 Å². The van der Waals surface area contributed by atoms with Crippen molar-refractivity contribution < 1.29 is 4.79 Å². The summed E-state index contributed by atoms with van der Waals surface area (Å²) in [5, 5.41) is 0. The highest BCUT2D eigenvalue weighted by Gasteiger charge is 2.32. The maximum atomic E-state index is 12.5. The number of nitrogens with zero attached hydrogens (tertiary/aromatic N) is 2. The van der Waals surface area contributed by atoms with E-state index in [0.29, 0.717) is 10.4 Å². The zero-order valence-electron chi connectivity index (χ0n) is 12.9. The summed E-state index contributed by atoms with van der Waals surface area (Å²) in [5.41, 5.74) is 2.91. The predicted molar refractivity (Wildman–Crippen MR) is 94.2 cm³/mol. The minimum absolute atomic E-state index is 0.127. The number of hydrogen-bond acceptors (Lipinski definition) is 3. The summed E-state index contributed by atoms with van der Waals surface area (Å²) in [4.78, 5) is 17.8. The lowest BCUT2D eigenvalue weighted by atomic mass is 9.98. The first-order valence-electron chi connectivity index (χ1n) is 8.06. The van der Waals surface area contributed by atoms with Crippen LogP contribution in [0.1, 0.15) is 27.2 Å². The molecule has 3 nitrogen and oxygen atoms in total. The van der Waals surface area contributed by atoms with Crippen molar-refractivity contribution in [2.45, 2.75) is 25.4 Å². The van der Waals surface area contributed by atoms with Gasteiger partial charge in [-0.05, 0) is 36.1 Å². The van der Waals surface area contributed by atoms with Crippen LogP contribution in [0.5, 0.6) is 0 Å². The Morgan fingerprint density at radius 2 is 1.96 bits per heavy atom. The molecular formula is C18H19ClN2OS. The molecule has 4 rings (SSSR count). The summed E-state index contributed by atoms with van der Waals surface area (Å²) in [6.45, 7) is 3.77. The van der Waals surface area contributed by atoms with E-state index in [2.05, 4.69) is 29.2 Å². The van der Waals surface area contributed by atoms with Gasteiger partial charge < -0.3 is 4.90 Å². The zero-order chi connectivity index (χ0) is 15.8. The fraction of sp³-hybridized carbons (Fsp3) is 0.389. The molecule has 2 aliphatic heterocycles. The number of benzene rings is 1. The van der Waals surface area contributed by atoms with Gasteiger partial charge in [0, 0.05) is 32.2 Å². The van der Waals surface area contributed by atoms with Crippen LogP contribution >= 0.6 is 22.9 Å². The molecule has 1 aromatic heterocycles. The first kappa shape index (κ1) is 15.2. The van der Waals surface area contributed by atoms with E-state index in [1.54, 1.807) is 6.07 Å². The van der Waals surface area contributed by atoms with Crippen LogP contribution in [0.4, 0.5) is 0 Å². The summed E-state index contributed by atoms with van der Waals surface area (Å²) >= 11 is 7.32. The van der Waals surface area contributed by atoms with Crippen LogP contribution in [-0.4, -0.2) is 41.4 Å². The molecule has 2 aliphatic rings. The van der Waals surface area contributed by atoms with E-state index >= 15 is 0 Å². The lowest BCUT2D eigenvalue weighted by Gasteiger charge is -2.33. The van der Waals surface area contributed by atoms with Crippen molar-refractivity contribution in [3.8, 4) is 0 Å². The normalized spacial score (nSPS) is 21.4. The topological polar surface area (TPSA) is 23.6 Å². The van der Waals surface area contributed by atoms with E-state index in [1.807, 2.05) is 11.0 Å². The van der Waals surface area contributed by atoms with Gasteiger partial charge in [-0.1, -0.05) is 35.9 Å². The smallest absolute Gasteiger partial charge is 0.264 e. The van der Waals surface area contributed by atoms with Gasteiger partial charge in [-0.25, -0.2) is 0 Å². The third-order valence-corrected chi connectivity index (χ3v) is 6.13. The second-order valence-corrected chi connectivity index (χ2v) is 8.00. The quantitative estimate of drug-likeness (QED) is 0.828. The van der Waals surface area contributed by atoms with Gasteiger partial charge in [0.15, 0.2) is 0 Å². The van der Waals surface area contributed by atoms with E-state index in [-0.39, 0.29) is 5.91 Å². The Morgan fingerprint density at radius 1 is 1.13 bits per heavy atom. The van der Waals surface area contributed by atoms with Crippen molar-refractivity contribution in [2.75, 3.05) is 19.6 Å². The highest BCUT2D eigenvalue weighted by atomic mass is 35.5. The zero-order valence-corrected chi connectivity index (χ0v) is 14.4. The van der Waals surface area contributed by atoms with Gasteiger partial charge in [-0.3, -0.25) is 9.69 Å². The Labute approximate surface area is 145 Å². The molecule has 0 bridgehead atoms. The van der Waals surface area contributed by atoms with Gasteiger partial charge in [-0.2, -0.15) is 0 Å². The van der Waals surface area contributed by atoms with Gasteiger partial charge in [0.1, 0.15) is 0 Å². The van der Waals surface area contributed by atoms with Crippen LogP contribution in [0, 0.1) is 0 Å². The van der Waals surface area contributed by atoms with Crippen LogP contribution in [0.2, 0.25) is 4.34 Å². The van der Waals surface area contributed by atoms with E-state index in [9.17, 15) is 4.79 Å². The molecular weight excluding hydrogens is 328 g/mol. The van der Waals surface area contributed by atoms with Crippen molar-refractivity contribution in [3.63, 3.8) is 0 Å². The lowest BCUT2D eigenvalue weighted by molar-refractivity contribution is 0.0778. The van der Waals surface area contributed by atoms with Gasteiger partial charge in [0.05, 0.1) is 9.21 Å². The monoisotopic (exact) mass is 346 g/mol. The standard InChI is InChI=1S/C18H19ClN2OS/c19-17-6-5-16(23-17)18(22)21-10-8-15(12-21)20-9-7-13-3-1-2-4-14(13)11-20/h1-6,15H,7-12H2. The van der Waals surface area contributed by atoms with E-state index in [4.69, 9.17) is 11.6 Å². The van der Waals surface area contributed by atoms with Gasteiger partial charge in [0.2, 0.25) is 0 Å². The number of fused-ring (bicyclic) bond motifs is 1. The van der Waals surface area contributed by atoms with Crippen LogP contribution < -0.4 is 0 Å². The van der Waals surface area contributed by atoms with Crippen molar-refractivity contribution in [1.29, 1.82) is 0 Å². The number of halogens is 1. The van der Waals surface area contributed by atoms with Crippen molar-refractivity contribution in [1.82, 2.24) is 9.80 Å². The molecule has 23 heavy (non-hydrogen) atoms. The summed E-state index contributed by atoms with van der Waals surface area (Å²) in [6, 6.07) is 12.8.